The van der Waals surface area contributed by atoms with Crippen LogP contribution in [0.1, 0.15) is 31.7 Å². The molecular formula is C16H27N3. The molecular weight excluding hydrogens is 234 g/mol. The summed E-state index contributed by atoms with van der Waals surface area (Å²) in [4.78, 5) is 2.55. The van der Waals surface area contributed by atoms with Crippen LogP contribution in [-0.4, -0.2) is 36.6 Å². The number of nitrogens with one attached hydrogen (secondary N) is 1. The topological polar surface area (TPSA) is 41.3 Å². The minimum atomic E-state index is 0.0814. The third kappa shape index (κ3) is 3.71. The van der Waals surface area contributed by atoms with Crippen LogP contribution in [0.25, 0.3) is 0 Å². The molecule has 106 valence electrons. The SMILES string of the molecule is CCCN1CCC(CN)(Nc2cccc(C)c2)CC1. The Morgan fingerprint density at radius 2 is 2.05 bits per heavy atom. The van der Waals surface area contributed by atoms with Crippen LogP contribution in [0.2, 0.25) is 0 Å². The van der Waals surface area contributed by atoms with Gasteiger partial charge in [-0.1, -0.05) is 19.1 Å². The first-order chi connectivity index (χ1) is 9.17. The summed E-state index contributed by atoms with van der Waals surface area (Å²) in [5.74, 6) is 0. The molecule has 1 heterocycles. The van der Waals surface area contributed by atoms with Crippen LogP contribution in [-0.2, 0) is 0 Å². The van der Waals surface area contributed by atoms with Gasteiger partial charge in [0.1, 0.15) is 0 Å². The minimum Gasteiger partial charge on any atom is -0.378 e. The van der Waals surface area contributed by atoms with Crippen molar-refractivity contribution in [3.05, 3.63) is 29.8 Å². The second kappa shape index (κ2) is 6.40. The van der Waals surface area contributed by atoms with E-state index in [0.717, 1.165) is 25.9 Å². The van der Waals surface area contributed by atoms with Crippen molar-refractivity contribution >= 4 is 5.69 Å². The maximum atomic E-state index is 6.06. The Bertz CT molecular complexity index is 395. The molecule has 0 aliphatic carbocycles. The Morgan fingerprint density at radius 3 is 2.63 bits per heavy atom. The van der Waals surface area contributed by atoms with Gasteiger partial charge < -0.3 is 16.0 Å². The van der Waals surface area contributed by atoms with Gasteiger partial charge >= 0.3 is 0 Å². The highest BCUT2D eigenvalue weighted by Crippen LogP contribution is 2.26. The van der Waals surface area contributed by atoms with E-state index < -0.39 is 0 Å². The summed E-state index contributed by atoms with van der Waals surface area (Å²) in [6.45, 7) is 8.61. The average molecular weight is 261 g/mol. The molecule has 0 atom stereocenters. The zero-order valence-corrected chi connectivity index (χ0v) is 12.3. The molecule has 1 aliphatic rings. The first kappa shape index (κ1) is 14.4. The molecule has 2 rings (SSSR count). The number of nitrogens with two attached hydrogens (primary N) is 1. The van der Waals surface area contributed by atoms with Crippen LogP contribution in [0.5, 0.6) is 0 Å². The van der Waals surface area contributed by atoms with Crippen molar-refractivity contribution in [2.24, 2.45) is 5.73 Å². The number of anilines is 1. The Balaban J connectivity index is 2.00. The summed E-state index contributed by atoms with van der Waals surface area (Å²) in [5, 5.41) is 3.70. The minimum absolute atomic E-state index is 0.0814. The molecule has 0 amide bonds. The highest BCUT2D eigenvalue weighted by molar-refractivity contribution is 5.48. The Hall–Kier alpha value is -1.06. The van der Waals surface area contributed by atoms with Crippen LogP contribution in [0.15, 0.2) is 24.3 Å². The molecule has 0 spiro atoms. The van der Waals surface area contributed by atoms with Gasteiger partial charge in [0, 0.05) is 25.3 Å². The fourth-order valence-electron chi connectivity index (χ4n) is 2.93. The molecule has 1 saturated heterocycles. The van der Waals surface area contributed by atoms with Gasteiger partial charge in [-0.15, -0.1) is 0 Å². The molecule has 1 fully saturated rings. The molecule has 0 saturated carbocycles. The fraction of sp³-hybridized carbons (Fsp3) is 0.625. The van der Waals surface area contributed by atoms with E-state index in [1.807, 2.05) is 0 Å². The summed E-state index contributed by atoms with van der Waals surface area (Å²) >= 11 is 0. The predicted octanol–water partition coefficient (Wildman–Crippen LogP) is 2.61. The Labute approximate surface area is 117 Å². The second-order valence-electron chi connectivity index (χ2n) is 5.82. The molecule has 1 aromatic carbocycles. The molecule has 0 radical (unpaired) electrons. The average Bonchev–Trinajstić information content (AvgIpc) is 2.42. The molecule has 1 aliphatic heterocycles. The molecule has 1 aromatic rings. The van der Waals surface area contributed by atoms with Gasteiger partial charge in [0.15, 0.2) is 0 Å². The van der Waals surface area contributed by atoms with Crippen LogP contribution in [0, 0.1) is 6.92 Å². The van der Waals surface area contributed by atoms with E-state index in [2.05, 4.69) is 48.3 Å². The maximum Gasteiger partial charge on any atom is 0.0520 e. The molecule has 3 heteroatoms. The smallest absolute Gasteiger partial charge is 0.0520 e. The van der Waals surface area contributed by atoms with E-state index >= 15 is 0 Å². The number of hydrogen-bond donors (Lipinski definition) is 2. The molecule has 0 aromatic heterocycles. The summed E-state index contributed by atoms with van der Waals surface area (Å²) in [5.41, 5.74) is 8.64. The maximum absolute atomic E-state index is 6.06. The zero-order valence-electron chi connectivity index (χ0n) is 12.3. The standard InChI is InChI=1S/C16H27N3/c1-3-9-19-10-7-16(13-17,8-11-19)18-15-6-4-5-14(2)12-15/h4-6,12,18H,3,7-11,13,17H2,1-2H3. The van der Waals surface area contributed by atoms with Crippen molar-refractivity contribution in [1.82, 2.24) is 4.90 Å². The normalized spacial score (nSPS) is 19.3. The molecule has 0 bridgehead atoms. The lowest BCUT2D eigenvalue weighted by Gasteiger charge is -2.42. The summed E-state index contributed by atoms with van der Waals surface area (Å²) in [6.07, 6.45) is 3.51. The van der Waals surface area contributed by atoms with Crippen molar-refractivity contribution in [1.29, 1.82) is 0 Å². The summed E-state index contributed by atoms with van der Waals surface area (Å²) in [6, 6.07) is 8.58. The number of benzene rings is 1. The van der Waals surface area contributed by atoms with E-state index in [0.29, 0.717) is 6.54 Å². The lowest BCUT2D eigenvalue weighted by Crippen LogP contribution is -2.53. The molecule has 3 N–H and O–H groups in total. The predicted molar refractivity (Wildman–Crippen MR) is 82.6 cm³/mol. The quantitative estimate of drug-likeness (QED) is 0.856. The van der Waals surface area contributed by atoms with E-state index in [-0.39, 0.29) is 5.54 Å². The summed E-state index contributed by atoms with van der Waals surface area (Å²) < 4.78 is 0. The molecule has 3 nitrogen and oxygen atoms in total. The largest absolute Gasteiger partial charge is 0.378 e. The van der Waals surface area contributed by atoms with Crippen LogP contribution in [0.4, 0.5) is 5.69 Å². The highest BCUT2D eigenvalue weighted by atomic mass is 15.2. The zero-order chi connectivity index (χ0) is 13.7. The van der Waals surface area contributed by atoms with Crippen molar-refractivity contribution in [3.63, 3.8) is 0 Å². The van der Waals surface area contributed by atoms with E-state index in [1.165, 1.54) is 24.2 Å². The first-order valence-corrected chi connectivity index (χ1v) is 7.45. The van der Waals surface area contributed by atoms with Gasteiger partial charge in [0.2, 0.25) is 0 Å². The van der Waals surface area contributed by atoms with Crippen molar-refractivity contribution in [2.45, 2.75) is 38.6 Å². The van der Waals surface area contributed by atoms with E-state index in [4.69, 9.17) is 5.73 Å². The van der Waals surface area contributed by atoms with Gasteiger partial charge in [-0.3, -0.25) is 0 Å². The number of hydrogen-bond acceptors (Lipinski definition) is 3. The Kier molecular flexibility index (Phi) is 4.83. The number of nitrogens with zero attached hydrogens (tertiary/aromatic N) is 1. The molecule has 19 heavy (non-hydrogen) atoms. The van der Waals surface area contributed by atoms with E-state index in [9.17, 15) is 0 Å². The van der Waals surface area contributed by atoms with Crippen molar-refractivity contribution < 1.29 is 0 Å². The number of aryl methyl sites for hydroxylation is 1. The van der Waals surface area contributed by atoms with Gasteiger partial charge in [-0.2, -0.15) is 0 Å². The lowest BCUT2D eigenvalue weighted by molar-refractivity contribution is 0.177. The summed E-state index contributed by atoms with van der Waals surface area (Å²) in [7, 11) is 0. The van der Waals surface area contributed by atoms with Crippen LogP contribution in [0.3, 0.4) is 0 Å². The number of piperidine rings is 1. The molecule has 0 unspecified atom stereocenters. The lowest BCUT2D eigenvalue weighted by atomic mass is 9.87. The third-order valence-corrected chi connectivity index (χ3v) is 4.17. The van der Waals surface area contributed by atoms with Crippen LogP contribution < -0.4 is 11.1 Å². The fourth-order valence-corrected chi connectivity index (χ4v) is 2.93. The van der Waals surface area contributed by atoms with Gasteiger partial charge in [-0.05, 0) is 50.4 Å². The van der Waals surface area contributed by atoms with Crippen molar-refractivity contribution in [2.75, 3.05) is 31.5 Å². The highest BCUT2D eigenvalue weighted by Gasteiger charge is 2.32. The van der Waals surface area contributed by atoms with Crippen LogP contribution >= 0.6 is 0 Å². The van der Waals surface area contributed by atoms with Gasteiger partial charge in [-0.25, -0.2) is 0 Å². The van der Waals surface area contributed by atoms with Crippen molar-refractivity contribution in [3.8, 4) is 0 Å². The number of rotatable bonds is 5. The second-order valence-corrected chi connectivity index (χ2v) is 5.82. The monoisotopic (exact) mass is 261 g/mol. The van der Waals surface area contributed by atoms with E-state index in [1.54, 1.807) is 0 Å². The Morgan fingerprint density at radius 1 is 1.32 bits per heavy atom. The van der Waals surface area contributed by atoms with Gasteiger partial charge in [0.05, 0.1) is 5.54 Å². The third-order valence-electron chi connectivity index (χ3n) is 4.17. The first-order valence-electron chi connectivity index (χ1n) is 7.45. The number of likely N-dealkylation sites (tertiary alicyclic amines) is 1. The van der Waals surface area contributed by atoms with Gasteiger partial charge in [0.25, 0.3) is 0 Å².